The predicted molar refractivity (Wildman–Crippen MR) is 61.3 cm³/mol. The standard InChI is InChI=1S/C11H19F3N2O3/c1-10(2,3)19-9(17)16-6-8(4-7(16)5-15)18-11(12,13)14/h7-8H,4-6,15H2,1-3H3/t7-,8-/m0/s1. The van der Waals surface area contributed by atoms with Crippen LogP contribution in [0.5, 0.6) is 0 Å². The van der Waals surface area contributed by atoms with Gasteiger partial charge in [-0.3, -0.25) is 4.74 Å². The van der Waals surface area contributed by atoms with Crippen LogP contribution in [0.4, 0.5) is 18.0 Å². The molecule has 1 heterocycles. The maximum Gasteiger partial charge on any atom is 0.522 e. The Hall–Kier alpha value is -1.02. The van der Waals surface area contributed by atoms with Gasteiger partial charge in [-0.2, -0.15) is 0 Å². The van der Waals surface area contributed by atoms with Crippen LogP contribution in [-0.2, 0) is 9.47 Å². The van der Waals surface area contributed by atoms with E-state index < -0.39 is 30.2 Å². The van der Waals surface area contributed by atoms with Crippen molar-refractivity contribution >= 4 is 6.09 Å². The SMILES string of the molecule is CC(C)(C)OC(=O)N1C[C@@H](OC(F)(F)F)C[C@H]1CN. The Labute approximate surface area is 109 Å². The Morgan fingerprint density at radius 2 is 1.95 bits per heavy atom. The quantitative estimate of drug-likeness (QED) is 0.840. The predicted octanol–water partition coefficient (Wildman–Crippen LogP) is 1.86. The van der Waals surface area contributed by atoms with Crippen molar-refractivity contribution in [1.82, 2.24) is 4.90 Å². The fraction of sp³-hybridized carbons (Fsp3) is 0.909. The van der Waals surface area contributed by atoms with Gasteiger partial charge in [0.1, 0.15) is 5.60 Å². The molecule has 0 aromatic rings. The van der Waals surface area contributed by atoms with Crippen molar-refractivity contribution in [3.05, 3.63) is 0 Å². The summed E-state index contributed by atoms with van der Waals surface area (Å²) in [7, 11) is 0. The molecule has 0 spiro atoms. The van der Waals surface area contributed by atoms with Crippen LogP contribution >= 0.6 is 0 Å². The van der Waals surface area contributed by atoms with Gasteiger partial charge in [-0.05, 0) is 27.2 Å². The first-order valence-corrected chi connectivity index (χ1v) is 5.96. The lowest BCUT2D eigenvalue weighted by molar-refractivity contribution is -0.340. The van der Waals surface area contributed by atoms with Gasteiger partial charge < -0.3 is 15.4 Å². The third-order valence-corrected chi connectivity index (χ3v) is 2.58. The normalized spacial score (nSPS) is 24.7. The summed E-state index contributed by atoms with van der Waals surface area (Å²) in [5.74, 6) is 0. The Morgan fingerprint density at radius 1 is 1.37 bits per heavy atom. The van der Waals surface area contributed by atoms with E-state index in [1.807, 2.05) is 0 Å². The molecule has 2 N–H and O–H groups in total. The molecule has 1 amide bonds. The molecule has 0 aromatic carbocycles. The Kier molecular flexibility index (Phi) is 4.67. The zero-order valence-electron chi connectivity index (χ0n) is 11.2. The second-order valence-corrected chi connectivity index (χ2v) is 5.44. The van der Waals surface area contributed by atoms with Crippen molar-refractivity contribution in [2.45, 2.75) is 51.3 Å². The molecule has 2 atom stereocenters. The minimum absolute atomic E-state index is 0.0508. The Bertz CT molecular complexity index is 328. The molecule has 0 aliphatic carbocycles. The average molecular weight is 284 g/mol. The maximum atomic E-state index is 12.1. The number of hydrogen-bond acceptors (Lipinski definition) is 4. The molecule has 1 saturated heterocycles. The van der Waals surface area contributed by atoms with Gasteiger partial charge in [0.2, 0.25) is 0 Å². The summed E-state index contributed by atoms with van der Waals surface area (Å²) in [5.41, 5.74) is 4.76. The first kappa shape index (κ1) is 16.0. The number of alkyl halides is 3. The Morgan fingerprint density at radius 3 is 2.37 bits per heavy atom. The van der Waals surface area contributed by atoms with Gasteiger partial charge >= 0.3 is 12.5 Å². The lowest BCUT2D eigenvalue weighted by Crippen LogP contribution is -2.43. The van der Waals surface area contributed by atoms with E-state index in [4.69, 9.17) is 10.5 Å². The minimum Gasteiger partial charge on any atom is -0.444 e. The van der Waals surface area contributed by atoms with Gasteiger partial charge in [0.15, 0.2) is 0 Å². The van der Waals surface area contributed by atoms with E-state index in [0.717, 1.165) is 0 Å². The highest BCUT2D eigenvalue weighted by Crippen LogP contribution is 2.28. The van der Waals surface area contributed by atoms with Crippen LogP contribution < -0.4 is 5.73 Å². The summed E-state index contributed by atoms with van der Waals surface area (Å²) in [5, 5.41) is 0. The van der Waals surface area contributed by atoms with Crippen molar-refractivity contribution < 1.29 is 27.4 Å². The molecular weight excluding hydrogens is 265 g/mol. The number of carbonyl (C=O) groups excluding carboxylic acids is 1. The summed E-state index contributed by atoms with van der Waals surface area (Å²) >= 11 is 0. The number of carbonyl (C=O) groups is 1. The van der Waals surface area contributed by atoms with Crippen molar-refractivity contribution in [2.75, 3.05) is 13.1 Å². The van der Waals surface area contributed by atoms with Gasteiger partial charge in [0.25, 0.3) is 0 Å². The van der Waals surface area contributed by atoms with E-state index in [-0.39, 0.29) is 19.5 Å². The average Bonchev–Trinajstić information content (AvgIpc) is 2.55. The first-order valence-electron chi connectivity index (χ1n) is 5.96. The van der Waals surface area contributed by atoms with E-state index in [1.54, 1.807) is 20.8 Å². The topological polar surface area (TPSA) is 64.8 Å². The molecule has 0 radical (unpaired) electrons. The lowest BCUT2D eigenvalue weighted by atomic mass is 10.2. The smallest absolute Gasteiger partial charge is 0.444 e. The highest BCUT2D eigenvalue weighted by atomic mass is 19.4. The largest absolute Gasteiger partial charge is 0.522 e. The number of hydrogen-bond donors (Lipinski definition) is 1. The molecule has 0 unspecified atom stereocenters. The summed E-state index contributed by atoms with van der Waals surface area (Å²) in [4.78, 5) is 13.0. The monoisotopic (exact) mass is 284 g/mol. The number of halogens is 3. The van der Waals surface area contributed by atoms with E-state index in [9.17, 15) is 18.0 Å². The third-order valence-electron chi connectivity index (χ3n) is 2.58. The molecule has 112 valence electrons. The molecule has 0 saturated carbocycles. The van der Waals surface area contributed by atoms with E-state index >= 15 is 0 Å². The number of nitrogens with two attached hydrogens (primary N) is 1. The fourth-order valence-electron chi connectivity index (χ4n) is 1.92. The minimum atomic E-state index is -4.71. The summed E-state index contributed by atoms with van der Waals surface area (Å²) in [6, 6.07) is -0.498. The lowest BCUT2D eigenvalue weighted by Gasteiger charge is -2.27. The van der Waals surface area contributed by atoms with Gasteiger partial charge in [0, 0.05) is 12.6 Å². The van der Waals surface area contributed by atoms with Crippen LogP contribution in [0.15, 0.2) is 0 Å². The van der Waals surface area contributed by atoms with Crippen molar-refractivity contribution in [3.63, 3.8) is 0 Å². The molecule has 8 heteroatoms. The summed E-state index contributed by atoms with van der Waals surface area (Å²) in [6.45, 7) is 4.94. The van der Waals surface area contributed by atoms with Crippen molar-refractivity contribution in [2.24, 2.45) is 5.73 Å². The summed E-state index contributed by atoms with van der Waals surface area (Å²) < 4.78 is 45.5. The fourth-order valence-corrected chi connectivity index (χ4v) is 1.92. The molecule has 0 aromatic heterocycles. The highest BCUT2D eigenvalue weighted by Gasteiger charge is 2.42. The maximum absolute atomic E-state index is 12.1. The zero-order valence-corrected chi connectivity index (χ0v) is 11.2. The molecule has 1 aliphatic heterocycles. The van der Waals surface area contributed by atoms with Crippen LogP contribution in [0.3, 0.4) is 0 Å². The number of ether oxygens (including phenoxy) is 2. The number of amides is 1. The molecule has 5 nitrogen and oxygen atoms in total. The number of nitrogens with zero attached hydrogens (tertiary/aromatic N) is 1. The van der Waals surface area contributed by atoms with Gasteiger partial charge in [-0.15, -0.1) is 13.2 Å². The van der Waals surface area contributed by atoms with Crippen molar-refractivity contribution in [3.8, 4) is 0 Å². The zero-order chi connectivity index (χ0) is 14.8. The van der Waals surface area contributed by atoms with Crippen LogP contribution in [0.1, 0.15) is 27.2 Å². The molecule has 19 heavy (non-hydrogen) atoms. The van der Waals surface area contributed by atoms with E-state index in [1.165, 1.54) is 4.90 Å². The third kappa shape index (κ3) is 5.23. The van der Waals surface area contributed by atoms with Crippen LogP contribution in [-0.4, -0.2) is 48.2 Å². The molecule has 1 rings (SSSR count). The molecule has 1 aliphatic rings. The molecular formula is C11H19F3N2O3. The Balaban J connectivity index is 2.65. The van der Waals surface area contributed by atoms with Crippen LogP contribution in [0, 0.1) is 0 Å². The van der Waals surface area contributed by atoms with Gasteiger partial charge in [-0.1, -0.05) is 0 Å². The van der Waals surface area contributed by atoms with Crippen LogP contribution in [0.25, 0.3) is 0 Å². The molecule has 1 fully saturated rings. The van der Waals surface area contributed by atoms with E-state index in [0.29, 0.717) is 0 Å². The second kappa shape index (κ2) is 5.54. The van der Waals surface area contributed by atoms with Gasteiger partial charge in [0.05, 0.1) is 12.6 Å². The van der Waals surface area contributed by atoms with Gasteiger partial charge in [-0.25, -0.2) is 4.79 Å². The second-order valence-electron chi connectivity index (χ2n) is 5.44. The highest BCUT2D eigenvalue weighted by molar-refractivity contribution is 5.69. The number of likely N-dealkylation sites (tertiary alicyclic amines) is 1. The number of rotatable bonds is 2. The van der Waals surface area contributed by atoms with Crippen molar-refractivity contribution in [1.29, 1.82) is 0 Å². The van der Waals surface area contributed by atoms with E-state index in [2.05, 4.69) is 4.74 Å². The van der Waals surface area contributed by atoms with Crippen LogP contribution in [0.2, 0.25) is 0 Å². The molecule has 0 bridgehead atoms. The summed E-state index contributed by atoms with van der Waals surface area (Å²) in [6.07, 6.45) is -6.43. The first-order chi connectivity index (χ1) is 8.52.